The van der Waals surface area contributed by atoms with Gasteiger partial charge in [0.2, 0.25) is 11.8 Å². The second-order valence-corrected chi connectivity index (χ2v) is 5.70. The van der Waals surface area contributed by atoms with Crippen LogP contribution in [0.4, 0.5) is 5.95 Å². The predicted molar refractivity (Wildman–Crippen MR) is 95.1 cm³/mol. The van der Waals surface area contributed by atoms with E-state index in [1.54, 1.807) is 18.6 Å². The number of rotatable bonds is 5. The third-order valence-corrected chi connectivity index (χ3v) is 3.69. The van der Waals surface area contributed by atoms with E-state index in [2.05, 4.69) is 21.0 Å². The molecule has 0 aliphatic carbocycles. The van der Waals surface area contributed by atoms with Crippen molar-refractivity contribution in [2.45, 2.75) is 13.3 Å². The van der Waals surface area contributed by atoms with Crippen LogP contribution in [0.3, 0.4) is 0 Å². The largest absolute Gasteiger partial charge is 0.478 e. The molecule has 5 nitrogen and oxygen atoms in total. The number of aromatic nitrogens is 3. The zero-order valence-electron chi connectivity index (χ0n) is 13.2. The van der Waals surface area contributed by atoms with Crippen molar-refractivity contribution >= 4 is 17.5 Å². The Hall–Kier alpha value is -2.66. The van der Waals surface area contributed by atoms with Gasteiger partial charge in [0.15, 0.2) is 0 Å². The molecule has 0 atom stereocenters. The monoisotopic (exact) mass is 340 g/mol. The Kier molecular flexibility index (Phi) is 4.91. The minimum atomic E-state index is 0.267. The highest BCUT2D eigenvalue weighted by Gasteiger charge is 2.10. The lowest BCUT2D eigenvalue weighted by atomic mass is 10.0. The molecule has 2 N–H and O–H groups in total. The van der Waals surface area contributed by atoms with Gasteiger partial charge < -0.3 is 10.5 Å². The van der Waals surface area contributed by atoms with Crippen LogP contribution in [0.25, 0.3) is 11.1 Å². The van der Waals surface area contributed by atoms with E-state index >= 15 is 0 Å². The van der Waals surface area contributed by atoms with Crippen molar-refractivity contribution in [3.63, 3.8) is 0 Å². The summed E-state index contributed by atoms with van der Waals surface area (Å²) in [7, 11) is 0. The molecule has 0 saturated carbocycles. The Morgan fingerprint density at radius 2 is 1.79 bits per heavy atom. The highest BCUT2D eigenvalue weighted by atomic mass is 35.5. The lowest BCUT2D eigenvalue weighted by molar-refractivity contribution is 0.328. The van der Waals surface area contributed by atoms with Gasteiger partial charge in [0, 0.05) is 35.6 Å². The number of halogens is 1. The van der Waals surface area contributed by atoms with E-state index in [1.165, 1.54) is 0 Å². The van der Waals surface area contributed by atoms with Gasteiger partial charge in [-0.3, -0.25) is 0 Å². The molecule has 0 radical (unpaired) electrons. The average molecular weight is 341 g/mol. The molecule has 0 unspecified atom stereocenters. The van der Waals surface area contributed by atoms with Crippen LogP contribution in [-0.4, -0.2) is 21.6 Å². The average Bonchev–Trinajstić information content (AvgIpc) is 2.58. The molecule has 0 fully saturated rings. The van der Waals surface area contributed by atoms with Crippen molar-refractivity contribution in [3.05, 3.63) is 65.1 Å². The van der Waals surface area contributed by atoms with Gasteiger partial charge in [-0.1, -0.05) is 23.7 Å². The molecule has 24 heavy (non-hydrogen) atoms. The normalized spacial score (nSPS) is 10.6. The first kappa shape index (κ1) is 16.2. The first-order valence-electron chi connectivity index (χ1n) is 7.59. The number of hydrogen-bond acceptors (Lipinski definition) is 5. The predicted octanol–water partition coefficient (Wildman–Crippen LogP) is 3.76. The van der Waals surface area contributed by atoms with E-state index in [0.29, 0.717) is 23.9 Å². The van der Waals surface area contributed by atoms with E-state index in [4.69, 9.17) is 22.1 Å². The summed E-state index contributed by atoms with van der Waals surface area (Å²) >= 11 is 6.12. The van der Waals surface area contributed by atoms with Crippen LogP contribution >= 0.6 is 11.6 Å². The van der Waals surface area contributed by atoms with Crippen molar-refractivity contribution in [3.8, 4) is 17.0 Å². The van der Waals surface area contributed by atoms with Crippen molar-refractivity contribution in [2.75, 3.05) is 12.3 Å². The van der Waals surface area contributed by atoms with E-state index in [1.807, 2.05) is 31.2 Å². The van der Waals surface area contributed by atoms with Gasteiger partial charge in [-0.15, -0.1) is 0 Å². The molecule has 0 bridgehead atoms. The summed E-state index contributed by atoms with van der Waals surface area (Å²) in [6.07, 6.45) is 5.90. The number of pyridine rings is 1. The summed E-state index contributed by atoms with van der Waals surface area (Å²) in [5.74, 6) is 0.861. The van der Waals surface area contributed by atoms with Gasteiger partial charge in [0.1, 0.15) is 0 Å². The van der Waals surface area contributed by atoms with E-state index < -0.39 is 0 Å². The maximum absolute atomic E-state index is 6.12. The first-order valence-corrected chi connectivity index (χ1v) is 7.97. The second-order valence-electron chi connectivity index (χ2n) is 5.27. The Morgan fingerprint density at radius 1 is 1.04 bits per heavy atom. The fourth-order valence-corrected chi connectivity index (χ4v) is 2.59. The molecule has 2 heterocycles. The maximum Gasteiger partial charge on any atom is 0.221 e. The van der Waals surface area contributed by atoms with Crippen molar-refractivity contribution in [1.29, 1.82) is 0 Å². The summed E-state index contributed by atoms with van der Waals surface area (Å²) in [4.78, 5) is 12.5. The molecule has 2 aromatic heterocycles. The highest BCUT2D eigenvalue weighted by Crippen LogP contribution is 2.31. The van der Waals surface area contributed by atoms with Gasteiger partial charge in [-0.05, 0) is 41.8 Å². The fourth-order valence-electron chi connectivity index (χ4n) is 2.40. The van der Waals surface area contributed by atoms with Crippen LogP contribution < -0.4 is 10.5 Å². The molecule has 3 rings (SSSR count). The summed E-state index contributed by atoms with van der Waals surface area (Å²) in [5, 5.41) is 0.673. The first-order chi connectivity index (χ1) is 11.7. The van der Waals surface area contributed by atoms with Gasteiger partial charge in [-0.25, -0.2) is 15.0 Å². The van der Waals surface area contributed by atoms with E-state index in [9.17, 15) is 0 Å². The van der Waals surface area contributed by atoms with Gasteiger partial charge >= 0.3 is 0 Å². The van der Waals surface area contributed by atoms with Crippen LogP contribution in [0.15, 0.2) is 48.9 Å². The number of ether oxygens (including phenoxy) is 1. The Morgan fingerprint density at radius 3 is 2.50 bits per heavy atom. The topological polar surface area (TPSA) is 73.9 Å². The number of nitrogens with zero attached hydrogens (tertiary/aromatic N) is 3. The molecule has 0 aliphatic rings. The number of nitrogens with two attached hydrogens (primary N) is 1. The highest BCUT2D eigenvalue weighted by molar-refractivity contribution is 6.30. The molecule has 0 aliphatic heterocycles. The van der Waals surface area contributed by atoms with E-state index in [-0.39, 0.29) is 5.95 Å². The lowest BCUT2D eigenvalue weighted by Gasteiger charge is -2.11. The Labute approximate surface area is 145 Å². The third-order valence-electron chi connectivity index (χ3n) is 3.46. The smallest absolute Gasteiger partial charge is 0.221 e. The number of benzene rings is 1. The molecule has 6 heteroatoms. The Bertz CT molecular complexity index is 837. The number of anilines is 1. The number of nitrogen functional groups attached to an aromatic ring is 1. The van der Waals surface area contributed by atoms with Crippen LogP contribution in [0.1, 0.15) is 18.1 Å². The molecule has 0 amide bonds. The van der Waals surface area contributed by atoms with Crippen LogP contribution in [0, 0.1) is 0 Å². The zero-order valence-corrected chi connectivity index (χ0v) is 14.0. The van der Waals surface area contributed by atoms with Crippen molar-refractivity contribution in [2.24, 2.45) is 0 Å². The minimum absolute atomic E-state index is 0.267. The molecule has 3 aromatic rings. The molecule has 0 saturated heterocycles. The summed E-state index contributed by atoms with van der Waals surface area (Å²) in [6, 6.07) is 9.70. The molecular formula is C18H17ClN4O. The van der Waals surface area contributed by atoms with Gasteiger partial charge in [0.05, 0.1) is 6.61 Å². The van der Waals surface area contributed by atoms with Crippen LogP contribution in [0.2, 0.25) is 5.02 Å². The van der Waals surface area contributed by atoms with Crippen LogP contribution in [0.5, 0.6) is 5.88 Å². The minimum Gasteiger partial charge on any atom is -0.478 e. The van der Waals surface area contributed by atoms with Crippen molar-refractivity contribution in [1.82, 2.24) is 15.0 Å². The SMILES string of the molecule is CCOc1ncc(Cc2cnc(N)nc2)cc1-c1cccc(Cl)c1. The zero-order chi connectivity index (χ0) is 16.9. The van der Waals surface area contributed by atoms with Gasteiger partial charge in [-0.2, -0.15) is 0 Å². The molecular weight excluding hydrogens is 324 g/mol. The summed E-state index contributed by atoms with van der Waals surface area (Å²) < 4.78 is 5.66. The van der Waals surface area contributed by atoms with Gasteiger partial charge in [0.25, 0.3) is 0 Å². The summed E-state index contributed by atoms with van der Waals surface area (Å²) in [6.45, 7) is 2.48. The van der Waals surface area contributed by atoms with E-state index in [0.717, 1.165) is 22.3 Å². The van der Waals surface area contributed by atoms with Crippen molar-refractivity contribution < 1.29 is 4.74 Å². The molecule has 1 aromatic carbocycles. The lowest BCUT2D eigenvalue weighted by Crippen LogP contribution is -2.00. The molecule has 0 spiro atoms. The maximum atomic E-state index is 6.12. The third kappa shape index (κ3) is 3.81. The quantitative estimate of drug-likeness (QED) is 0.765. The fraction of sp³-hybridized carbons (Fsp3) is 0.167. The molecule has 122 valence electrons. The standard InChI is InChI=1S/C18H17ClN4O/c1-2-24-17-16(14-4-3-5-15(19)8-14)7-12(9-21-17)6-13-10-22-18(20)23-11-13/h3-5,7-11H,2,6H2,1H3,(H2,20,22,23). The Balaban J connectivity index is 1.97. The van der Waals surface area contributed by atoms with Crippen LogP contribution in [-0.2, 0) is 6.42 Å². The summed E-state index contributed by atoms with van der Waals surface area (Å²) in [5.41, 5.74) is 9.40. The number of hydrogen-bond donors (Lipinski definition) is 1. The second kappa shape index (κ2) is 7.27.